The van der Waals surface area contributed by atoms with Crippen LogP contribution < -0.4 is 10.6 Å². The lowest BCUT2D eigenvalue weighted by Gasteiger charge is -2.27. The molecule has 0 fully saturated rings. The van der Waals surface area contributed by atoms with Gasteiger partial charge in [0.25, 0.3) is 0 Å². The minimum atomic E-state index is -1.08. The number of amides is 2. The number of carbonyl (C=O) groups excluding carboxylic acids is 4. The summed E-state index contributed by atoms with van der Waals surface area (Å²) < 4.78 is 14.5. The number of hydrogen-bond acceptors (Lipinski definition) is 7. The first-order valence-corrected chi connectivity index (χ1v) is 9.61. The molecule has 2 N–H and O–H groups in total. The fourth-order valence-corrected chi connectivity index (χ4v) is 2.69. The van der Waals surface area contributed by atoms with Crippen LogP contribution >= 0.6 is 0 Å². The predicted molar refractivity (Wildman–Crippen MR) is 108 cm³/mol. The second-order valence-corrected chi connectivity index (χ2v) is 7.19. The van der Waals surface area contributed by atoms with Gasteiger partial charge < -0.3 is 24.8 Å². The van der Waals surface area contributed by atoms with Crippen LogP contribution in [0.2, 0.25) is 0 Å². The van der Waals surface area contributed by atoms with Crippen LogP contribution in [0.5, 0.6) is 0 Å². The van der Waals surface area contributed by atoms with Crippen LogP contribution in [0.1, 0.15) is 32.8 Å². The van der Waals surface area contributed by atoms with Gasteiger partial charge in [0.2, 0.25) is 5.91 Å². The van der Waals surface area contributed by atoms with Crippen molar-refractivity contribution in [1.82, 2.24) is 10.6 Å². The highest BCUT2D eigenvalue weighted by molar-refractivity contribution is 5.90. The quantitative estimate of drug-likeness (QED) is 0.436. The number of carbonyl (C=O) groups is 4. The Kier molecular flexibility index (Phi) is 10.4. The highest BCUT2D eigenvalue weighted by atomic mass is 16.5. The Labute approximate surface area is 176 Å². The summed E-state index contributed by atoms with van der Waals surface area (Å²) in [6.07, 6.45) is -0.847. The number of methoxy groups -OCH3 is 2. The number of rotatable bonds is 10. The van der Waals surface area contributed by atoms with Crippen molar-refractivity contribution in [2.45, 2.75) is 45.9 Å². The second kappa shape index (κ2) is 12.5. The van der Waals surface area contributed by atoms with Crippen molar-refractivity contribution in [2.24, 2.45) is 11.8 Å². The zero-order valence-corrected chi connectivity index (χ0v) is 18.0. The average molecular weight is 422 g/mol. The molecule has 0 aliphatic heterocycles. The summed E-state index contributed by atoms with van der Waals surface area (Å²) >= 11 is 0. The Balaban J connectivity index is 2.78. The minimum absolute atomic E-state index is 0.0556. The van der Waals surface area contributed by atoms with Gasteiger partial charge in [-0.25, -0.2) is 9.59 Å². The van der Waals surface area contributed by atoms with Gasteiger partial charge in [0.1, 0.15) is 18.7 Å². The number of nitrogens with one attached hydrogen (secondary N) is 2. The van der Waals surface area contributed by atoms with Crippen LogP contribution in [0.25, 0.3) is 0 Å². The van der Waals surface area contributed by atoms with Crippen molar-refractivity contribution in [3.63, 3.8) is 0 Å². The van der Waals surface area contributed by atoms with Crippen LogP contribution in [0.4, 0.5) is 4.79 Å². The fraction of sp³-hybridized carbons (Fsp3) is 0.524. The van der Waals surface area contributed by atoms with Crippen molar-refractivity contribution < 1.29 is 33.4 Å². The van der Waals surface area contributed by atoms with Gasteiger partial charge in [0.05, 0.1) is 20.6 Å². The molecule has 2 amide bonds. The molecule has 0 bridgehead atoms. The van der Waals surface area contributed by atoms with Crippen LogP contribution in [0.15, 0.2) is 30.3 Å². The molecule has 1 rings (SSSR count). The van der Waals surface area contributed by atoms with Crippen LogP contribution in [-0.4, -0.2) is 50.2 Å². The molecule has 1 aromatic carbocycles. The summed E-state index contributed by atoms with van der Waals surface area (Å²) in [7, 11) is 2.42. The Morgan fingerprint density at radius 3 is 2.07 bits per heavy atom. The molecule has 0 saturated heterocycles. The van der Waals surface area contributed by atoms with Crippen LogP contribution in [0.3, 0.4) is 0 Å². The number of esters is 2. The van der Waals surface area contributed by atoms with Gasteiger partial charge in [-0.15, -0.1) is 0 Å². The molecule has 0 spiro atoms. The summed E-state index contributed by atoms with van der Waals surface area (Å²) in [4.78, 5) is 48.6. The first kappa shape index (κ1) is 24.9. The van der Waals surface area contributed by atoms with Crippen LogP contribution in [-0.2, 0) is 35.2 Å². The van der Waals surface area contributed by atoms with Crippen molar-refractivity contribution in [3.05, 3.63) is 35.9 Å². The number of benzene rings is 1. The third-order valence-electron chi connectivity index (χ3n) is 4.47. The van der Waals surface area contributed by atoms with E-state index in [2.05, 4.69) is 15.4 Å². The molecule has 0 heterocycles. The first-order chi connectivity index (χ1) is 14.2. The zero-order chi connectivity index (χ0) is 22.7. The maximum atomic E-state index is 12.8. The summed E-state index contributed by atoms with van der Waals surface area (Å²) in [6.45, 7) is 5.16. The Morgan fingerprint density at radius 2 is 1.53 bits per heavy atom. The van der Waals surface area contributed by atoms with Gasteiger partial charge in [0, 0.05) is 0 Å². The van der Waals surface area contributed by atoms with Crippen molar-refractivity contribution in [3.8, 4) is 0 Å². The third kappa shape index (κ3) is 8.10. The van der Waals surface area contributed by atoms with E-state index >= 15 is 0 Å². The number of ether oxygens (including phenoxy) is 3. The maximum absolute atomic E-state index is 12.8. The van der Waals surface area contributed by atoms with E-state index < -0.39 is 41.9 Å². The molecule has 0 aliphatic carbocycles. The van der Waals surface area contributed by atoms with Gasteiger partial charge in [0.15, 0.2) is 0 Å². The average Bonchev–Trinajstić information content (AvgIpc) is 2.73. The Bertz CT molecular complexity index is 721. The summed E-state index contributed by atoms with van der Waals surface area (Å²) in [6, 6.07) is 7.08. The van der Waals surface area contributed by atoms with Gasteiger partial charge in [-0.3, -0.25) is 9.59 Å². The summed E-state index contributed by atoms with van der Waals surface area (Å²) in [5.41, 5.74) is 0.806. The topological polar surface area (TPSA) is 120 Å². The van der Waals surface area contributed by atoms with Gasteiger partial charge in [-0.2, -0.15) is 0 Å². The highest BCUT2D eigenvalue weighted by Gasteiger charge is 2.33. The van der Waals surface area contributed by atoms with E-state index in [1.807, 2.05) is 30.3 Å². The van der Waals surface area contributed by atoms with E-state index in [1.165, 1.54) is 14.2 Å². The Morgan fingerprint density at radius 1 is 0.900 bits per heavy atom. The molecule has 9 nitrogen and oxygen atoms in total. The molecule has 0 saturated carbocycles. The standard InChI is InChI=1S/C21H30N2O7/c1-13(2)17(23-21(27)30-12-15-9-7-6-8-10-15)19(25)22-18(20(26)29-5)14(3)11-16(24)28-4/h6-10,13-14,17-18H,11-12H2,1-5H3,(H,22,25)(H,23,27)/t14-,17+,18+/m1/s1. The van der Waals surface area contributed by atoms with Crippen molar-refractivity contribution >= 4 is 23.9 Å². The first-order valence-electron chi connectivity index (χ1n) is 9.61. The normalized spacial score (nSPS) is 13.5. The van der Waals surface area contributed by atoms with Gasteiger partial charge in [-0.1, -0.05) is 51.1 Å². The molecule has 0 aromatic heterocycles. The zero-order valence-electron chi connectivity index (χ0n) is 18.0. The third-order valence-corrected chi connectivity index (χ3v) is 4.47. The monoisotopic (exact) mass is 422 g/mol. The van der Waals surface area contributed by atoms with Gasteiger partial charge >= 0.3 is 18.0 Å². The van der Waals surface area contributed by atoms with E-state index in [0.29, 0.717) is 0 Å². The molecule has 30 heavy (non-hydrogen) atoms. The fourth-order valence-electron chi connectivity index (χ4n) is 2.69. The lowest BCUT2D eigenvalue weighted by atomic mass is 9.96. The maximum Gasteiger partial charge on any atom is 0.408 e. The molecule has 166 valence electrons. The predicted octanol–water partition coefficient (Wildman–Crippen LogP) is 1.79. The van der Waals surface area contributed by atoms with Gasteiger partial charge in [-0.05, 0) is 17.4 Å². The number of hydrogen-bond donors (Lipinski definition) is 2. The summed E-state index contributed by atoms with van der Waals surface area (Å²) in [5, 5.41) is 5.09. The molecule has 1 aromatic rings. The number of alkyl carbamates (subject to hydrolysis) is 1. The van der Waals surface area contributed by atoms with E-state index in [0.717, 1.165) is 5.56 Å². The molecule has 9 heteroatoms. The SMILES string of the molecule is COC(=O)C[C@@H](C)[C@H](NC(=O)[C@@H](NC(=O)OCc1ccccc1)C(C)C)C(=O)OC. The lowest BCUT2D eigenvalue weighted by Crippen LogP contribution is -2.55. The van der Waals surface area contributed by atoms with E-state index in [1.54, 1.807) is 20.8 Å². The lowest BCUT2D eigenvalue weighted by molar-refractivity contribution is -0.148. The highest BCUT2D eigenvalue weighted by Crippen LogP contribution is 2.13. The largest absolute Gasteiger partial charge is 0.469 e. The van der Waals surface area contributed by atoms with Crippen molar-refractivity contribution in [2.75, 3.05) is 14.2 Å². The summed E-state index contributed by atoms with van der Waals surface area (Å²) in [5.74, 6) is -2.67. The molecular weight excluding hydrogens is 392 g/mol. The molecular formula is C21H30N2O7. The molecule has 0 unspecified atom stereocenters. The van der Waals surface area contributed by atoms with Crippen LogP contribution in [0, 0.1) is 11.8 Å². The van der Waals surface area contributed by atoms with E-state index in [9.17, 15) is 19.2 Å². The van der Waals surface area contributed by atoms with Crippen molar-refractivity contribution in [1.29, 1.82) is 0 Å². The van der Waals surface area contributed by atoms with E-state index in [-0.39, 0.29) is 18.9 Å². The smallest absolute Gasteiger partial charge is 0.408 e. The molecule has 3 atom stereocenters. The molecule has 0 aliphatic rings. The second-order valence-electron chi connectivity index (χ2n) is 7.19. The Hall–Kier alpha value is -3.10. The van der Waals surface area contributed by atoms with E-state index in [4.69, 9.17) is 9.47 Å². The minimum Gasteiger partial charge on any atom is -0.469 e. The molecule has 0 radical (unpaired) electrons.